The molecule has 0 saturated heterocycles. The largest absolute Gasteiger partial charge is 0.419 e. The number of thiophene rings is 1. The highest BCUT2D eigenvalue weighted by Gasteiger charge is 2.44. The molecule has 12 nitrogen and oxygen atoms in total. The van der Waals surface area contributed by atoms with Gasteiger partial charge in [-0.1, -0.05) is 19.4 Å². The Morgan fingerprint density at radius 1 is 1.17 bits per heavy atom. The Bertz CT molecular complexity index is 1690. The Balaban J connectivity index is 1.49. The molecule has 1 saturated carbocycles. The number of anilines is 3. The van der Waals surface area contributed by atoms with Crippen LogP contribution in [0.4, 0.5) is 21.9 Å². The smallest absolute Gasteiger partial charge is 0.334 e. The molecule has 2 atom stereocenters. The van der Waals surface area contributed by atoms with Gasteiger partial charge in [0, 0.05) is 24.5 Å². The quantitative estimate of drug-likeness (QED) is 0.310. The van der Waals surface area contributed by atoms with Crippen LogP contribution in [-0.4, -0.2) is 50.1 Å². The van der Waals surface area contributed by atoms with E-state index in [-0.39, 0.29) is 28.7 Å². The van der Waals surface area contributed by atoms with E-state index < -0.39 is 11.9 Å². The maximum absolute atomic E-state index is 14.6. The van der Waals surface area contributed by atoms with Crippen LogP contribution in [0.2, 0.25) is 0 Å². The summed E-state index contributed by atoms with van der Waals surface area (Å²) < 4.78 is 5.74. The van der Waals surface area contributed by atoms with Gasteiger partial charge in [-0.2, -0.15) is 5.10 Å². The van der Waals surface area contributed by atoms with Gasteiger partial charge in [-0.25, -0.2) is 14.8 Å². The minimum absolute atomic E-state index is 0.245. The van der Waals surface area contributed by atoms with Gasteiger partial charge in [0.1, 0.15) is 9.71 Å². The summed E-state index contributed by atoms with van der Waals surface area (Å²) in [5.74, 6) is -0.393. The third-order valence-electron chi connectivity index (χ3n) is 7.28. The molecule has 4 aromatic rings. The first-order valence-corrected chi connectivity index (χ1v) is 13.9. The topological polar surface area (TPSA) is 157 Å². The highest BCUT2D eigenvalue weighted by Crippen LogP contribution is 2.50. The summed E-state index contributed by atoms with van der Waals surface area (Å²) in [6.07, 6.45) is 8.95. The molecule has 2 aliphatic rings. The van der Waals surface area contributed by atoms with Gasteiger partial charge in [0.05, 0.1) is 40.7 Å². The van der Waals surface area contributed by atoms with Crippen LogP contribution in [-0.2, 0) is 4.79 Å². The normalized spacial score (nSPS) is 18.3. The Kier molecular flexibility index (Phi) is 6.79. The second-order valence-corrected chi connectivity index (χ2v) is 10.8. The number of hydrogen-bond acceptors (Lipinski definition) is 9. The molecule has 4 amide bonds. The van der Waals surface area contributed by atoms with Crippen molar-refractivity contribution in [1.29, 1.82) is 0 Å². The number of hydrogen-bond donors (Lipinski definition) is 2. The number of pyridine rings is 2. The third-order valence-corrected chi connectivity index (χ3v) is 8.38. The molecule has 208 valence electrons. The molecule has 0 radical (unpaired) electrons. The van der Waals surface area contributed by atoms with E-state index in [1.54, 1.807) is 52.7 Å². The first kappa shape index (κ1) is 26.3. The fourth-order valence-electron chi connectivity index (χ4n) is 5.51. The molecule has 1 aliphatic carbocycles. The highest BCUT2D eigenvalue weighted by atomic mass is 32.1. The molecule has 0 spiro atoms. The molecule has 1 fully saturated rings. The number of aromatic nitrogens is 4. The average molecular weight is 571 g/mol. The van der Waals surface area contributed by atoms with Gasteiger partial charge in [-0.15, -0.1) is 16.4 Å². The van der Waals surface area contributed by atoms with Crippen LogP contribution < -0.4 is 25.6 Å². The van der Waals surface area contributed by atoms with Crippen molar-refractivity contribution in [1.82, 2.24) is 25.5 Å². The molecule has 5 heterocycles. The second-order valence-electron chi connectivity index (χ2n) is 9.79. The Hall–Kier alpha value is -4.91. The first-order valence-electron chi connectivity index (χ1n) is 13.1. The number of amides is 4. The number of nitrogens with one attached hydrogen (secondary N) is 1. The number of primary amides is 1. The Morgan fingerprint density at radius 3 is 2.73 bits per heavy atom. The maximum atomic E-state index is 14.6. The van der Waals surface area contributed by atoms with Crippen molar-refractivity contribution in [3.05, 3.63) is 66.0 Å². The van der Waals surface area contributed by atoms with E-state index in [0.29, 0.717) is 51.6 Å². The summed E-state index contributed by atoms with van der Waals surface area (Å²) in [5, 5.41) is 11.4. The van der Waals surface area contributed by atoms with Crippen LogP contribution >= 0.6 is 11.3 Å². The summed E-state index contributed by atoms with van der Waals surface area (Å²) >= 11 is 1.15. The molecule has 0 bridgehead atoms. The van der Waals surface area contributed by atoms with Gasteiger partial charge >= 0.3 is 6.03 Å². The molecule has 0 unspecified atom stereocenters. The summed E-state index contributed by atoms with van der Waals surface area (Å²) in [6, 6.07) is 5.65. The number of urea groups is 1. The molecular weight excluding hydrogens is 544 g/mol. The first-order chi connectivity index (χ1) is 19.9. The number of nitrogens with two attached hydrogens (primary N) is 1. The van der Waals surface area contributed by atoms with E-state index in [0.717, 1.165) is 24.2 Å². The summed E-state index contributed by atoms with van der Waals surface area (Å²) in [4.78, 5) is 52.6. The van der Waals surface area contributed by atoms with Crippen LogP contribution in [0.1, 0.15) is 40.9 Å². The highest BCUT2D eigenvalue weighted by molar-refractivity contribution is 7.21. The van der Waals surface area contributed by atoms with E-state index in [1.807, 2.05) is 6.92 Å². The Labute approximate surface area is 238 Å². The summed E-state index contributed by atoms with van der Waals surface area (Å²) in [7, 11) is 0. The van der Waals surface area contributed by atoms with Crippen molar-refractivity contribution in [3.8, 4) is 11.8 Å². The lowest BCUT2D eigenvalue weighted by atomic mass is 9.88. The van der Waals surface area contributed by atoms with Crippen LogP contribution in [0.5, 0.6) is 11.8 Å². The van der Waals surface area contributed by atoms with E-state index in [9.17, 15) is 14.4 Å². The van der Waals surface area contributed by atoms with Gasteiger partial charge < -0.3 is 15.8 Å². The second kappa shape index (κ2) is 10.6. The zero-order valence-corrected chi connectivity index (χ0v) is 22.9. The van der Waals surface area contributed by atoms with Gasteiger partial charge in [0.15, 0.2) is 0 Å². The summed E-state index contributed by atoms with van der Waals surface area (Å²) in [5.41, 5.74) is 8.06. The minimum atomic E-state index is -0.647. The number of carbonyl (C=O) groups is 3. The minimum Gasteiger partial charge on any atom is -0.419 e. The van der Waals surface area contributed by atoms with Crippen molar-refractivity contribution in [2.75, 3.05) is 9.80 Å². The molecule has 41 heavy (non-hydrogen) atoms. The van der Waals surface area contributed by atoms with Gasteiger partial charge in [-0.05, 0) is 43.5 Å². The molecular formula is C28H26N8O4S. The van der Waals surface area contributed by atoms with Crippen LogP contribution in [0.15, 0.2) is 55.5 Å². The standard InChI is InChI=1S/C28H26N8O4S/c1-3-20(37)33-16-7-4-5-8-17(16)36-24-23-18(10-12-30-27(23)41-25(24)26(29)38)35(28(36)39)19-14-31-22(13-15(19)2)40-21-9-6-11-32-34-21/h3,6,9-14,16-17H,1,4-5,7-8H2,2H3,(H2,29,38)(H,33,37)/t16-,17+/m0/s1. The number of carbonyl (C=O) groups excluding carboxylic acids is 3. The predicted molar refractivity (Wildman–Crippen MR) is 154 cm³/mol. The van der Waals surface area contributed by atoms with Crippen molar-refractivity contribution in [2.45, 2.75) is 44.7 Å². The van der Waals surface area contributed by atoms with E-state index in [4.69, 9.17) is 10.5 Å². The van der Waals surface area contributed by atoms with E-state index >= 15 is 0 Å². The van der Waals surface area contributed by atoms with Crippen molar-refractivity contribution >= 4 is 56.5 Å². The van der Waals surface area contributed by atoms with Crippen molar-refractivity contribution in [3.63, 3.8) is 0 Å². The van der Waals surface area contributed by atoms with Gasteiger partial charge in [-0.3, -0.25) is 19.4 Å². The van der Waals surface area contributed by atoms with Crippen LogP contribution in [0, 0.1) is 6.92 Å². The lowest BCUT2D eigenvalue weighted by molar-refractivity contribution is -0.117. The molecule has 3 N–H and O–H groups in total. The Morgan fingerprint density at radius 2 is 2.00 bits per heavy atom. The lowest BCUT2D eigenvalue weighted by Gasteiger charge is -2.44. The molecule has 13 heteroatoms. The maximum Gasteiger partial charge on any atom is 0.334 e. The van der Waals surface area contributed by atoms with Crippen molar-refractivity contribution in [2.24, 2.45) is 5.73 Å². The molecule has 0 aromatic carbocycles. The number of aryl methyl sites for hydroxylation is 1. The third kappa shape index (κ3) is 4.63. The fraction of sp³-hybridized carbons (Fsp3) is 0.250. The van der Waals surface area contributed by atoms with Gasteiger partial charge in [0.2, 0.25) is 17.7 Å². The number of nitrogens with zero attached hydrogens (tertiary/aromatic N) is 6. The summed E-state index contributed by atoms with van der Waals surface area (Å²) in [6.45, 7) is 5.42. The molecule has 1 aliphatic heterocycles. The lowest BCUT2D eigenvalue weighted by Crippen LogP contribution is -2.58. The van der Waals surface area contributed by atoms with E-state index in [1.165, 1.54) is 6.08 Å². The zero-order chi connectivity index (χ0) is 28.7. The molecule has 4 aromatic heterocycles. The van der Waals surface area contributed by atoms with Crippen LogP contribution in [0.25, 0.3) is 10.2 Å². The monoisotopic (exact) mass is 570 g/mol. The number of ether oxygens (including phenoxy) is 1. The van der Waals surface area contributed by atoms with Gasteiger partial charge in [0.25, 0.3) is 5.91 Å². The van der Waals surface area contributed by atoms with Crippen LogP contribution in [0.3, 0.4) is 0 Å². The fourth-order valence-corrected chi connectivity index (χ4v) is 6.52. The predicted octanol–water partition coefficient (Wildman–Crippen LogP) is 4.37. The SMILES string of the molecule is C=CC(=O)N[C@H]1CCCC[C@H]1N1C(=O)N(c2cnc(Oc3cccnn3)cc2C)c2ccnc3sc(C(N)=O)c1c23. The molecule has 6 rings (SSSR count). The zero-order valence-electron chi connectivity index (χ0n) is 22.1. The number of rotatable bonds is 7. The van der Waals surface area contributed by atoms with Crippen molar-refractivity contribution < 1.29 is 19.1 Å². The van der Waals surface area contributed by atoms with E-state index in [2.05, 4.69) is 32.1 Å². The average Bonchev–Trinajstić information content (AvgIpc) is 3.36.